The number of rotatable bonds is 8. The number of benzene rings is 2. The third-order valence-electron chi connectivity index (χ3n) is 4.44. The number of aromatic amines is 1. The highest BCUT2D eigenvalue weighted by atomic mass is 19.1. The molecule has 0 saturated heterocycles. The maximum Gasteiger partial charge on any atom is 0.245 e. The Kier molecular flexibility index (Phi) is 6.76. The van der Waals surface area contributed by atoms with Crippen molar-refractivity contribution in [2.75, 3.05) is 32.6 Å². The fourth-order valence-electron chi connectivity index (χ4n) is 2.76. The van der Waals surface area contributed by atoms with E-state index in [-0.39, 0.29) is 11.3 Å². The summed E-state index contributed by atoms with van der Waals surface area (Å²) in [4.78, 5) is 14.6. The number of likely N-dealkylation sites (N-methyl/N-ethyl adjacent to an activating group) is 1. The number of halogens is 2. The summed E-state index contributed by atoms with van der Waals surface area (Å²) in [5.41, 5.74) is 7.40. The molecule has 3 rings (SSSR count). The Bertz CT molecular complexity index is 991. The van der Waals surface area contributed by atoms with E-state index in [9.17, 15) is 13.6 Å². The van der Waals surface area contributed by atoms with Gasteiger partial charge >= 0.3 is 0 Å². The molecule has 0 bridgehead atoms. The van der Waals surface area contributed by atoms with Crippen LogP contribution in [0.3, 0.4) is 0 Å². The Balaban J connectivity index is 1.86. The van der Waals surface area contributed by atoms with Gasteiger partial charge in [-0.3, -0.25) is 9.89 Å². The van der Waals surface area contributed by atoms with Crippen molar-refractivity contribution in [3.8, 4) is 16.9 Å². The normalized spacial score (nSPS) is 12.1. The molecule has 158 valence electrons. The molecule has 7 nitrogen and oxygen atoms in total. The van der Waals surface area contributed by atoms with Gasteiger partial charge in [-0.2, -0.15) is 5.10 Å². The average Bonchev–Trinajstić information content (AvgIpc) is 3.23. The molecular weight excluding hydrogens is 392 g/mol. The molecule has 0 saturated carbocycles. The summed E-state index contributed by atoms with van der Waals surface area (Å²) < 4.78 is 33.6. The number of nitrogens with one attached hydrogen (secondary N) is 2. The van der Waals surface area contributed by atoms with Gasteiger partial charge in [0, 0.05) is 29.9 Å². The van der Waals surface area contributed by atoms with Crippen LogP contribution in [0.25, 0.3) is 11.1 Å². The van der Waals surface area contributed by atoms with Crippen molar-refractivity contribution in [2.24, 2.45) is 5.73 Å². The summed E-state index contributed by atoms with van der Waals surface area (Å²) in [6.07, 6.45) is 3.05. The molecule has 0 aliphatic carbocycles. The van der Waals surface area contributed by atoms with Crippen LogP contribution >= 0.6 is 0 Å². The van der Waals surface area contributed by atoms with E-state index in [1.807, 2.05) is 19.0 Å². The topological polar surface area (TPSA) is 96.3 Å². The van der Waals surface area contributed by atoms with Crippen molar-refractivity contribution in [2.45, 2.75) is 6.04 Å². The van der Waals surface area contributed by atoms with Crippen LogP contribution in [0, 0.1) is 11.6 Å². The molecule has 2 aromatic carbocycles. The molecule has 4 N–H and O–H groups in total. The highest BCUT2D eigenvalue weighted by molar-refractivity contribution is 5.97. The van der Waals surface area contributed by atoms with Gasteiger partial charge in [-0.15, -0.1) is 0 Å². The van der Waals surface area contributed by atoms with Crippen molar-refractivity contribution in [3.63, 3.8) is 0 Å². The van der Waals surface area contributed by atoms with E-state index in [2.05, 4.69) is 15.5 Å². The van der Waals surface area contributed by atoms with E-state index >= 15 is 0 Å². The number of carbonyl (C=O) groups excluding carboxylic acids is 1. The van der Waals surface area contributed by atoms with Gasteiger partial charge in [0.2, 0.25) is 5.91 Å². The second kappa shape index (κ2) is 9.47. The lowest BCUT2D eigenvalue weighted by Gasteiger charge is -2.18. The maximum atomic E-state index is 14.7. The van der Waals surface area contributed by atoms with Crippen LogP contribution in [0.1, 0.15) is 11.6 Å². The molecule has 0 aliphatic rings. The summed E-state index contributed by atoms with van der Waals surface area (Å²) in [6, 6.07) is 6.93. The zero-order chi connectivity index (χ0) is 21.7. The SMILES string of the molecule is CN(C)CCOc1cc(-c2cn[nH]c2)c(F)cc1NC(=O)C(N)c1ccc(F)cc1. The first kappa shape index (κ1) is 21.4. The smallest absolute Gasteiger partial charge is 0.245 e. The first-order chi connectivity index (χ1) is 14.3. The monoisotopic (exact) mass is 415 g/mol. The summed E-state index contributed by atoms with van der Waals surface area (Å²) in [7, 11) is 3.80. The zero-order valence-electron chi connectivity index (χ0n) is 16.7. The second-order valence-corrected chi connectivity index (χ2v) is 6.99. The van der Waals surface area contributed by atoms with Crippen LogP contribution in [0.15, 0.2) is 48.8 Å². The van der Waals surface area contributed by atoms with E-state index in [0.29, 0.717) is 30.0 Å². The van der Waals surface area contributed by atoms with Gasteiger partial charge in [-0.05, 0) is 37.9 Å². The molecule has 9 heteroatoms. The van der Waals surface area contributed by atoms with Gasteiger partial charge in [-0.25, -0.2) is 8.78 Å². The van der Waals surface area contributed by atoms with E-state index in [1.54, 1.807) is 6.20 Å². The number of amides is 1. The van der Waals surface area contributed by atoms with Crippen LogP contribution < -0.4 is 15.8 Å². The van der Waals surface area contributed by atoms with E-state index in [1.165, 1.54) is 42.6 Å². The third kappa shape index (κ3) is 5.19. The molecule has 1 aromatic heterocycles. The van der Waals surface area contributed by atoms with Crippen LogP contribution in [0.4, 0.5) is 14.5 Å². The van der Waals surface area contributed by atoms with Gasteiger partial charge in [0.25, 0.3) is 0 Å². The molecule has 30 heavy (non-hydrogen) atoms. The van der Waals surface area contributed by atoms with Gasteiger partial charge in [-0.1, -0.05) is 12.1 Å². The molecule has 0 radical (unpaired) electrons. The fourth-order valence-corrected chi connectivity index (χ4v) is 2.76. The lowest BCUT2D eigenvalue weighted by molar-refractivity contribution is -0.117. The van der Waals surface area contributed by atoms with E-state index in [0.717, 1.165) is 0 Å². The Hall–Kier alpha value is -3.30. The molecule has 1 unspecified atom stereocenters. The fraction of sp³-hybridized carbons (Fsp3) is 0.238. The first-order valence-electron chi connectivity index (χ1n) is 9.27. The Morgan fingerprint density at radius 1 is 1.27 bits per heavy atom. The summed E-state index contributed by atoms with van der Waals surface area (Å²) in [6.45, 7) is 0.956. The minimum atomic E-state index is -1.06. The summed E-state index contributed by atoms with van der Waals surface area (Å²) in [5, 5.41) is 9.09. The molecule has 3 aromatic rings. The van der Waals surface area contributed by atoms with Crippen LogP contribution in [0.5, 0.6) is 5.75 Å². The quantitative estimate of drug-likeness (QED) is 0.526. The lowest BCUT2D eigenvalue weighted by atomic mass is 10.1. The number of anilines is 1. The number of nitrogens with two attached hydrogens (primary N) is 1. The number of ether oxygens (including phenoxy) is 1. The molecule has 1 heterocycles. The third-order valence-corrected chi connectivity index (χ3v) is 4.44. The average molecular weight is 415 g/mol. The van der Waals surface area contributed by atoms with Crippen molar-refractivity contribution in [1.82, 2.24) is 15.1 Å². The Morgan fingerprint density at radius 2 is 2.00 bits per heavy atom. The predicted octanol–water partition coefficient (Wildman–Crippen LogP) is 2.93. The van der Waals surface area contributed by atoms with Crippen molar-refractivity contribution in [3.05, 3.63) is 66.0 Å². The van der Waals surface area contributed by atoms with E-state index < -0.39 is 23.6 Å². The molecule has 0 fully saturated rings. The second-order valence-electron chi connectivity index (χ2n) is 6.99. The summed E-state index contributed by atoms with van der Waals surface area (Å²) >= 11 is 0. The number of carbonyl (C=O) groups is 1. The van der Waals surface area contributed by atoms with Crippen LogP contribution in [-0.2, 0) is 4.79 Å². The van der Waals surface area contributed by atoms with Crippen molar-refractivity contribution in [1.29, 1.82) is 0 Å². The molecule has 1 amide bonds. The zero-order valence-corrected chi connectivity index (χ0v) is 16.7. The van der Waals surface area contributed by atoms with Gasteiger partial charge < -0.3 is 20.7 Å². The van der Waals surface area contributed by atoms with Gasteiger partial charge in [0.05, 0.1) is 11.9 Å². The van der Waals surface area contributed by atoms with E-state index in [4.69, 9.17) is 10.5 Å². The maximum absolute atomic E-state index is 14.7. The Morgan fingerprint density at radius 3 is 2.63 bits per heavy atom. The number of H-pyrrole nitrogens is 1. The van der Waals surface area contributed by atoms with Crippen molar-refractivity contribution < 1.29 is 18.3 Å². The molecular formula is C21H23F2N5O2. The minimum Gasteiger partial charge on any atom is -0.490 e. The minimum absolute atomic E-state index is 0.154. The first-order valence-corrected chi connectivity index (χ1v) is 9.27. The lowest BCUT2D eigenvalue weighted by Crippen LogP contribution is -2.28. The molecule has 0 aliphatic heterocycles. The van der Waals surface area contributed by atoms with Gasteiger partial charge in [0.1, 0.15) is 30.0 Å². The number of aromatic nitrogens is 2. The van der Waals surface area contributed by atoms with Crippen LogP contribution in [-0.4, -0.2) is 48.3 Å². The van der Waals surface area contributed by atoms with Crippen LogP contribution in [0.2, 0.25) is 0 Å². The molecule has 0 spiro atoms. The largest absolute Gasteiger partial charge is 0.490 e. The number of nitrogens with zero attached hydrogens (tertiary/aromatic N) is 2. The van der Waals surface area contributed by atoms with Crippen molar-refractivity contribution >= 4 is 11.6 Å². The van der Waals surface area contributed by atoms with Gasteiger partial charge in [0.15, 0.2) is 0 Å². The highest BCUT2D eigenvalue weighted by Crippen LogP contribution is 2.34. The predicted molar refractivity (Wildman–Crippen MR) is 110 cm³/mol. The molecule has 1 atom stereocenters. The number of hydrogen-bond donors (Lipinski definition) is 3. The standard InChI is InChI=1S/C21H23F2N5O2/c1-28(2)7-8-30-19-9-16(14-11-25-26-12-14)17(23)10-18(19)27-21(29)20(24)13-3-5-15(22)6-4-13/h3-6,9-12,20H,7-8,24H2,1-2H3,(H,25,26)(H,27,29). The summed E-state index contributed by atoms with van der Waals surface area (Å²) in [5.74, 6) is -1.26. The Labute approximate surface area is 172 Å². The number of hydrogen-bond acceptors (Lipinski definition) is 5. The highest BCUT2D eigenvalue weighted by Gasteiger charge is 2.20.